The first-order valence-corrected chi connectivity index (χ1v) is 16.0. The van der Waals surface area contributed by atoms with Gasteiger partial charge in [0.15, 0.2) is 11.4 Å². The molecule has 0 N–H and O–H groups in total. The largest absolute Gasteiger partial charge is 0.454 e. The van der Waals surface area contributed by atoms with Crippen molar-refractivity contribution in [3.8, 4) is 50.7 Å². The van der Waals surface area contributed by atoms with Crippen molar-refractivity contribution >= 4 is 43.7 Å². The van der Waals surface area contributed by atoms with Gasteiger partial charge in [0.2, 0.25) is 0 Å². The van der Waals surface area contributed by atoms with Gasteiger partial charge >= 0.3 is 0 Å². The average molecular weight is 650 g/mol. The Hall–Kier alpha value is -6.78. The van der Waals surface area contributed by atoms with Crippen LogP contribution < -0.4 is 0 Å². The maximum atomic E-state index is 8.63. The summed E-state index contributed by atoms with van der Waals surface area (Å²) in [7, 11) is 0. The van der Waals surface area contributed by atoms with Gasteiger partial charge in [-0.2, -0.15) is 0 Å². The fourth-order valence-electron chi connectivity index (χ4n) is 6.70. The fourth-order valence-corrected chi connectivity index (χ4v) is 6.70. The van der Waals surface area contributed by atoms with Gasteiger partial charge < -0.3 is 8.98 Å². The third-order valence-corrected chi connectivity index (χ3v) is 9.02. The number of aromatic nitrogens is 3. The van der Waals surface area contributed by atoms with Crippen molar-refractivity contribution in [1.82, 2.24) is 14.5 Å². The first kappa shape index (κ1) is 19.9. The second kappa shape index (κ2) is 11.4. The number of rotatable bonds is 5. The summed E-state index contributed by atoms with van der Waals surface area (Å²) in [6, 6.07) is 32.0. The molecule has 234 valence electrons. The van der Waals surface area contributed by atoms with E-state index in [1.807, 2.05) is 54.6 Å². The normalized spacial score (nSPS) is 14.4. The van der Waals surface area contributed by atoms with Crippen molar-refractivity contribution in [3.63, 3.8) is 0 Å². The second-order valence-corrected chi connectivity index (χ2v) is 11.9. The van der Waals surface area contributed by atoms with E-state index in [1.165, 1.54) is 6.07 Å². The van der Waals surface area contributed by atoms with Gasteiger partial charge in [0.05, 0.1) is 36.1 Å². The molecule has 0 spiro atoms. The first-order valence-electron chi connectivity index (χ1n) is 21.0. The van der Waals surface area contributed by atoms with Crippen LogP contribution in [-0.2, 0) is 0 Å². The average Bonchev–Trinajstić information content (AvgIpc) is 3.83. The zero-order valence-electron chi connectivity index (χ0n) is 36.2. The summed E-state index contributed by atoms with van der Waals surface area (Å²) in [6.45, 7) is 0. The molecule has 0 aliphatic heterocycles. The Morgan fingerprint density at radius 3 is 1.72 bits per heavy atom. The zero-order chi connectivity index (χ0) is 41.7. The van der Waals surface area contributed by atoms with Crippen molar-refractivity contribution < 1.29 is 18.1 Å². The Labute approximate surface area is 302 Å². The van der Waals surface area contributed by atoms with Crippen molar-refractivity contribution in [3.05, 3.63) is 176 Å². The molecular formula is C46H29N3O. The second-order valence-electron chi connectivity index (χ2n) is 11.9. The molecule has 0 aliphatic carbocycles. The van der Waals surface area contributed by atoms with Crippen LogP contribution in [0.5, 0.6) is 0 Å². The smallest absolute Gasteiger partial charge is 0.160 e. The molecule has 0 aliphatic rings. The molecule has 3 aromatic heterocycles. The molecule has 0 saturated carbocycles. The number of benzene rings is 7. The van der Waals surface area contributed by atoms with Crippen LogP contribution in [0.25, 0.3) is 94.5 Å². The fraction of sp³-hybridized carbons (Fsp3) is 0. The highest BCUT2D eigenvalue weighted by Gasteiger charge is 2.19. The van der Waals surface area contributed by atoms with Crippen LogP contribution in [0.3, 0.4) is 0 Å². The van der Waals surface area contributed by atoms with Gasteiger partial charge in [-0.05, 0) is 47.5 Å². The Bertz CT molecular complexity index is 3290. The van der Waals surface area contributed by atoms with Crippen LogP contribution in [0.15, 0.2) is 180 Å². The SMILES string of the molecule is [2H]c1c([2H])c([2H])c(-c2cc(-c3c([2H])c([2H])c([2H])c([2H])c3[2H])nc(-c3ccc(-c4ccc(-n5c6ccccc6c6ccc7c8ccccc8oc7c65)cc4)cc3)n2)c([2H])c1[2H]. The number of fused-ring (bicyclic) bond motifs is 7. The molecule has 0 fully saturated rings. The molecule has 0 bridgehead atoms. The summed E-state index contributed by atoms with van der Waals surface area (Å²) < 4.78 is 92.5. The Kier molecular flexibility index (Phi) is 4.55. The molecule has 10 aromatic rings. The summed E-state index contributed by atoms with van der Waals surface area (Å²) in [4.78, 5) is 9.28. The minimum absolute atomic E-state index is 0.0614. The molecule has 4 heteroatoms. The van der Waals surface area contributed by atoms with Gasteiger partial charge in [0, 0.05) is 43.9 Å². The van der Waals surface area contributed by atoms with E-state index in [-0.39, 0.29) is 28.3 Å². The van der Waals surface area contributed by atoms with Crippen molar-refractivity contribution in [2.45, 2.75) is 0 Å². The predicted molar refractivity (Wildman–Crippen MR) is 205 cm³/mol. The minimum atomic E-state index is -0.573. The highest BCUT2D eigenvalue weighted by atomic mass is 16.3. The van der Waals surface area contributed by atoms with Crippen LogP contribution in [0.4, 0.5) is 0 Å². The van der Waals surface area contributed by atoms with Gasteiger partial charge in [-0.1, -0.05) is 139 Å². The van der Waals surface area contributed by atoms with Crippen molar-refractivity contribution in [2.24, 2.45) is 0 Å². The monoisotopic (exact) mass is 649 g/mol. The van der Waals surface area contributed by atoms with Crippen molar-refractivity contribution in [1.29, 1.82) is 0 Å². The summed E-state index contributed by atoms with van der Waals surface area (Å²) >= 11 is 0. The molecule has 10 rings (SSSR count). The maximum Gasteiger partial charge on any atom is 0.160 e. The number of hydrogen-bond donors (Lipinski definition) is 0. The lowest BCUT2D eigenvalue weighted by Gasteiger charge is -2.11. The summed E-state index contributed by atoms with van der Waals surface area (Å²) in [5.41, 5.74) is 6.36. The topological polar surface area (TPSA) is 43.9 Å². The van der Waals surface area contributed by atoms with E-state index in [2.05, 4.69) is 57.0 Å². The van der Waals surface area contributed by atoms with Crippen LogP contribution in [-0.4, -0.2) is 14.5 Å². The van der Waals surface area contributed by atoms with E-state index >= 15 is 0 Å². The number of nitrogens with zero attached hydrogens (tertiary/aromatic N) is 3. The molecule has 0 unspecified atom stereocenters. The highest BCUT2D eigenvalue weighted by Crippen LogP contribution is 2.40. The van der Waals surface area contributed by atoms with Crippen LogP contribution in [0.2, 0.25) is 0 Å². The maximum absolute atomic E-state index is 8.63. The standard InChI is InChI=1S/C46H29N3O/c1-3-11-32(12-4-1)40-29-41(33-13-5-2-6-14-33)48-46(47-40)34-21-19-30(20-22-34)31-23-25-35(26-24-31)49-42-17-9-7-15-36(42)38-27-28-39-37-16-8-10-18-43(37)50-45(39)44(38)49/h1-29H/i1D,2D,3D,4D,5D,6D,11D,12D,13D,14D. The Morgan fingerprint density at radius 1 is 0.480 bits per heavy atom. The Balaban J connectivity index is 1.08. The molecule has 4 nitrogen and oxygen atoms in total. The lowest BCUT2D eigenvalue weighted by molar-refractivity contribution is 0.671. The van der Waals surface area contributed by atoms with E-state index < -0.39 is 60.4 Å². The van der Waals surface area contributed by atoms with E-state index in [0.717, 1.165) is 60.6 Å². The van der Waals surface area contributed by atoms with Gasteiger partial charge in [0.25, 0.3) is 0 Å². The quantitative estimate of drug-likeness (QED) is 0.186. The third-order valence-electron chi connectivity index (χ3n) is 9.02. The molecule has 3 heterocycles. The van der Waals surface area contributed by atoms with E-state index in [4.69, 9.17) is 18.1 Å². The number of furan rings is 1. The summed E-state index contributed by atoms with van der Waals surface area (Å²) in [6.07, 6.45) is 0. The van der Waals surface area contributed by atoms with Crippen LogP contribution >= 0.6 is 0 Å². The zero-order valence-corrected chi connectivity index (χ0v) is 26.2. The molecule has 7 aromatic carbocycles. The number of hydrogen-bond acceptors (Lipinski definition) is 3. The van der Waals surface area contributed by atoms with Gasteiger partial charge in [-0.15, -0.1) is 0 Å². The molecule has 0 atom stereocenters. The minimum Gasteiger partial charge on any atom is -0.454 e. The lowest BCUT2D eigenvalue weighted by atomic mass is 10.0. The van der Waals surface area contributed by atoms with Crippen LogP contribution in [0, 0.1) is 0 Å². The van der Waals surface area contributed by atoms with Crippen LogP contribution in [0.1, 0.15) is 13.7 Å². The molecule has 50 heavy (non-hydrogen) atoms. The summed E-state index contributed by atoms with van der Waals surface area (Å²) in [5, 5.41) is 4.30. The molecule has 0 radical (unpaired) electrons. The van der Waals surface area contributed by atoms with E-state index in [0.29, 0.717) is 5.56 Å². The third kappa shape index (κ3) is 4.61. The number of para-hydroxylation sites is 2. The summed E-state index contributed by atoms with van der Waals surface area (Å²) in [5.74, 6) is 0.0614. The highest BCUT2D eigenvalue weighted by molar-refractivity contribution is 6.21. The van der Waals surface area contributed by atoms with Crippen molar-refractivity contribution in [2.75, 3.05) is 0 Å². The molecule has 0 amide bonds. The Morgan fingerprint density at radius 2 is 1.04 bits per heavy atom. The predicted octanol–water partition coefficient (Wildman–Crippen LogP) is 12.1. The van der Waals surface area contributed by atoms with Gasteiger partial charge in [-0.25, -0.2) is 9.97 Å². The lowest BCUT2D eigenvalue weighted by Crippen LogP contribution is -1.96. The van der Waals surface area contributed by atoms with E-state index in [9.17, 15) is 0 Å². The van der Waals surface area contributed by atoms with E-state index in [1.54, 1.807) is 12.1 Å². The van der Waals surface area contributed by atoms with Gasteiger partial charge in [-0.3, -0.25) is 0 Å². The molecular weight excluding hydrogens is 611 g/mol. The van der Waals surface area contributed by atoms with Gasteiger partial charge in [0.1, 0.15) is 5.58 Å². The molecule has 0 saturated heterocycles. The first-order chi connectivity index (χ1) is 28.9.